The highest BCUT2D eigenvalue weighted by Crippen LogP contribution is 2.43. The van der Waals surface area contributed by atoms with Crippen LogP contribution in [-0.2, 0) is 11.3 Å². The molecule has 114 valence electrons. The van der Waals surface area contributed by atoms with Crippen LogP contribution in [0.5, 0.6) is 0 Å². The van der Waals surface area contributed by atoms with E-state index in [1.54, 1.807) is 0 Å². The Morgan fingerprint density at radius 2 is 2.40 bits per heavy atom. The van der Waals surface area contributed by atoms with Gasteiger partial charge in [-0.25, -0.2) is 5.43 Å². The number of ether oxygens (including phenoxy) is 1. The highest BCUT2D eigenvalue weighted by molar-refractivity contribution is 5.14. The van der Waals surface area contributed by atoms with Gasteiger partial charge in [0.05, 0.1) is 17.3 Å². The quantitative estimate of drug-likeness (QED) is 0.620. The fourth-order valence-electron chi connectivity index (χ4n) is 3.67. The Labute approximate surface area is 121 Å². The lowest BCUT2D eigenvalue weighted by molar-refractivity contribution is -0.103. The first kappa shape index (κ1) is 15.5. The second-order valence-corrected chi connectivity index (χ2v) is 5.87. The van der Waals surface area contributed by atoms with Crippen LogP contribution >= 0.6 is 0 Å². The molecule has 1 aliphatic rings. The Morgan fingerprint density at radius 1 is 1.60 bits per heavy atom. The smallest absolute Gasteiger partial charge is 0.0918 e. The lowest BCUT2D eigenvalue weighted by Crippen LogP contribution is -2.51. The summed E-state index contributed by atoms with van der Waals surface area (Å²) in [5.74, 6) is 6.58. The summed E-state index contributed by atoms with van der Waals surface area (Å²) in [5, 5.41) is 4.37. The van der Waals surface area contributed by atoms with Crippen LogP contribution in [0.1, 0.15) is 58.2 Å². The lowest BCUT2D eigenvalue weighted by Gasteiger charge is -2.45. The summed E-state index contributed by atoms with van der Waals surface area (Å²) in [5.41, 5.74) is 3.92. The van der Waals surface area contributed by atoms with Crippen molar-refractivity contribution in [3.63, 3.8) is 0 Å². The molecule has 3 N–H and O–H groups in total. The zero-order valence-corrected chi connectivity index (χ0v) is 12.9. The topological polar surface area (TPSA) is 65.1 Å². The zero-order valence-electron chi connectivity index (χ0n) is 12.9. The highest BCUT2D eigenvalue weighted by atomic mass is 16.5. The van der Waals surface area contributed by atoms with Crippen LogP contribution in [0.2, 0.25) is 0 Å². The van der Waals surface area contributed by atoms with Gasteiger partial charge in [0.15, 0.2) is 0 Å². The van der Waals surface area contributed by atoms with Gasteiger partial charge < -0.3 is 4.74 Å². The first-order valence-electron chi connectivity index (χ1n) is 7.78. The van der Waals surface area contributed by atoms with Crippen molar-refractivity contribution in [1.82, 2.24) is 15.2 Å². The van der Waals surface area contributed by atoms with Gasteiger partial charge in [-0.1, -0.05) is 19.8 Å². The van der Waals surface area contributed by atoms with Crippen LogP contribution in [-0.4, -0.2) is 22.0 Å². The number of nitrogens with two attached hydrogens (primary N) is 1. The standard InChI is InChI=1S/C15H28N4O/c1-4-19-13(8-10-17-19)14(18-16)15(20-5-2)9-6-7-12(3)11-15/h8,10,12,14,18H,4-7,9,11,16H2,1-3H3. The maximum Gasteiger partial charge on any atom is 0.0918 e. The number of hydrazine groups is 1. The van der Waals surface area contributed by atoms with Crippen LogP contribution < -0.4 is 11.3 Å². The van der Waals surface area contributed by atoms with Crippen LogP contribution in [0.3, 0.4) is 0 Å². The molecule has 0 spiro atoms. The minimum atomic E-state index is -0.214. The highest BCUT2D eigenvalue weighted by Gasteiger charge is 2.44. The fraction of sp³-hybridized carbons (Fsp3) is 0.800. The fourth-order valence-corrected chi connectivity index (χ4v) is 3.67. The number of aryl methyl sites for hydroxylation is 1. The van der Waals surface area contributed by atoms with E-state index in [1.807, 2.05) is 16.9 Å². The molecule has 1 fully saturated rings. The van der Waals surface area contributed by atoms with Crippen molar-refractivity contribution in [2.24, 2.45) is 11.8 Å². The van der Waals surface area contributed by atoms with Crippen molar-refractivity contribution in [3.8, 4) is 0 Å². The third-order valence-electron chi connectivity index (χ3n) is 4.46. The van der Waals surface area contributed by atoms with Gasteiger partial charge in [-0.2, -0.15) is 5.10 Å². The molecule has 1 aromatic heterocycles. The van der Waals surface area contributed by atoms with Crippen molar-refractivity contribution < 1.29 is 4.74 Å². The molecule has 0 amide bonds. The molecule has 5 heteroatoms. The van der Waals surface area contributed by atoms with Crippen molar-refractivity contribution in [1.29, 1.82) is 0 Å². The van der Waals surface area contributed by atoms with E-state index in [1.165, 1.54) is 12.8 Å². The maximum absolute atomic E-state index is 6.23. The predicted octanol–water partition coefficient (Wildman–Crippen LogP) is 2.39. The maximum atomic E-state index is 6.23. The normalized spacial score (nSPS) is 28.5. The number of aromatic nitrogens is 2. The Morgan fingerprint density at radius 3 is 3.00 bits per heavy atom. The van der Waals surface area contributed by atoms with E-state index in [4.69, 9.17) is 10.6 Å². The molecular formula is C15H28N4O. The summed E-state index contributed by atoms with van der Waals surface area (Å²) >= 11 is 0. The molecular weight excluding hydrogens is 252 g/mol. The summed E-state index contributed by atoms with van der Waals surface area (Å²) < 4.78 is 8.24. The zero-order chi connectivity index (χ0) is 14.6. The number of nitrogens with one attached hydrogen (secondary N) is 1. The summed E-state index contributed by atoms with van der Waals surface area (Å²) in [7, 11) is 0. The van der Waals surface area contributed by atoms with Crippen LogP contribution in [0, 0.1) is 5.92 Å². The molecule has 0 radical (unpaired) electrons. The average Bonchev–Trinajstić information content (AvgIpc) is 2.88. The van der Waals surface area contributed by atoms with Crippen LogP contribution in [0.4, 0.5) is 0 Å². The molecule has 1 saturated carbocycles. The van der Waals surface area contributed by atoms with E-state index >= 15 is 0 Å². The van der Waals surface area contributed by atoms with Gasteiger partial charge in [-0.15, -0.1) is 0 Å². The molecule has 0 aromatic carbocycles. The largest absolute Gasteiger partial charge is 0.373 e. The van der Waals surface area contributed by atoms with Gasteiger partial charge >= 0.3 is 0 Å². The van der Waals surface area contributed by atoms with Crippen molar-refractivity contribution in [2.75, 3.05) is 6.61 Å². The summed E-state index contributed by atoms with van der Waals surface area (Å²) in [4.78, 5) is 0. The summed E-state index contributed by atoms with van der Waals surface area (Å²) in [6.07, 6.45) is 6.41. The van der Waals surface area contributed by atoms with E-state index in [0.717, 1.165) is 25.1 Å². The molecule has 2 rings (SSSR count). The van der Waals surface area contributed by atoms with Gasteiger partial charge in [-0.3, -0.25) is 10.5 Å². The summed E-state index contributed by atoms with van der Waals surface area (Å²) in [6, 6.07) is 2.04. The van der Waals surface area contributed by atoms with Crippen molar-refractivity contribution >= 4 is 0 Å². The molecule has 3 unspecified atom stereocenters. The van der Waals surface area contributed by atoms with E-state index in [9.17, 15) is 0 Å². The molecule has 0 bridgehead atoms. The first-order valence-corrected chi connectivity index (χ1v) is 7.78. The average molecular weight is 280 g/mol. The second kappa shape index (κ2) is 6.70. The van der Waals surface area contributed by atoms with Gasteiger partial charge in [0, 0.05) is 19.3 Å². The minimum absolute atomic E-state index is 0.00681. The Kier molecular flexibility index (Phi) is 5.18. The van der Waals surface area contributed by atoms with Gasteiger partial charge in [0.1, 0.15) is 0 Å². The molecule has 20 heavy (non-hydrogen) atoms. The molecule has 5 nitrogen and oxygen atoms in total. The number of nitrogens with zero attached hydrogens (tertiary/aromatic N) is 2. The number of rotatable bonds is 6. The van der Waals surface area contributed by atoms with E-state index in [2.05, 4.69) is 31.3 Å². The Hall–Kier alpha value is -0.910. The molecule has 3 atom stereocenters. The summed E-state index contributed by atoms with van der Waals surface area (Å²) in [6.45, 7) is 8.02. The third kappa shape index (κ3) is 2.90. The van der Waals surface area contributed by atoms with Gasteiger partial charge in [-0.05, 0) is 38.7 Å². The van der Waals surface area contributed by atoms with Gasteiger partial charge in [0.2, 0.25) is 0 Å². The molecule has 1 aliphatic carbocycles. The van der Waals surface area contributed by atoms with E-state index < -0.39 is 0 Å². The van der Waals surface area contributed by atoms with Crippen LogP contribution in [0.25, 0.3) is 0 Å². The van der Waals surface area contributed by atoms with E-state index in [-0.39, 0.29) is 11.6 Å². The monoisotopic (exact) mass is 280 g/mol. The molecule has 0 aliphatic heterocycles. The Bertz CT molecular complexity index is 416. The lowest BCUT2D eigenvalue weighted by atomic mass is 9.73. The second-order valence-electron chi connectivity index (χ2n) is 5.87. The third-order valence-corrected chi connectivity index (χ3v) is 4.46. The molecule has 1 heterocycles. The molecule has 1 aromatic rings. The molecule has 0 saturated heterocycles. The van der Waals surface area contributed by atoms with Crippen molar-refractivity contribution in [3.05, 3.63) is 18.0 Å². The number of hydrogen-bond donors (Lipinski definition) is 2. The van der Waals surface area contributed by atoms with Crippen LogP contribution in [0.15, 0.2) is 12.3 Å². The van der Waals surface area contributed by atoms with Gasteiger partial charge in [0.25, 0.3) is 0 Å². The SMILES string of the molecule is CCOC1(C(NN)c2ccnn2CC)CCCC(C)C1. The van der Waals surface area contributed by atoms with E-state index in [0.29, 0.717) is 12.5 Å². The Balaban J connectivity index is 2.34. The first-order chi connectivity index (χ1) is 9.66. The number of hydrogen-bond acceptors (Lipinski definition) is 4. The van der Waals surface area contributed by atoms with Crippen molar-refractivity contribution in [2.45, 2.75) is 64.6 Å². The minimum Gasteiger partial charge on any atom is -0.373 e. The predicted molar refractivity (Wildman–Crippen MR) is 80.0 cm³/mol.